The highest BCUT2D eigenvalue weighted by Crippen LogP contribution is 2.16. The highest BCUT2D eigenvalue weighted by Gasteiger charge is 2.10. The van der Waals surface area contributed by atoms with E-state index >= 15 is 0 Å². The normalized spacial score (nSPS) is 15.7. The molecule has 1 heterocycles. The van der Waals surface area contributed by atoms with Crippen molar-refractivity contribution in [2.75, 3.05) is 44.7 Å². The molecular formula is C15H22IN3O. The molecule has 1 N–H and O–H groups in total. The lowest BCUT2D eigenvalue weighted by molar-refractivity contribution is -0.109. The molecule has 1 saturated heterocycles. The average molecular weight is 387 g/mol. The second-order valence-corrected chi connectivity index (χ2v) is 6.45. The van der Waals surface area contributed by atoms with Crippen molar-refractivity contribution in [2.24, 2.45) is 0 Å². The van der Waals surface area contributed by atoms with Gasteiger partial charge in [0.25, 0.3) is 0 Å². The lowest BCUT2D eigenvalue weighted by Crippen LogP contribution is -2.43. The fraction of sp³-hybridized carbons (Fsp3) is 0.533. The number of nitrogens with zero attached hydrogens (tertiary/aromatic N) is 2. The molecule has 0 spiro atoms. The molecule has 0 aromatic heterocycles. The van der Waals surface area contributed by atoms with Crippen molar-refractivity contribution in [1.29, 1.82) is 0 Å². The number of hydrogen-bond acceptors (Lipinski definition) is 4. The molecule has 0 bridgehead atoms. The molecule has 0 radical (unpaired) electrons. The van der Waals surface area contributed by atoms with Crippen molar-refractivity contribution in [2.45, 2.75) is 13.0 Å². The van der Waals surface area contributed by atoms with Crippen LogP contribution in [0.4, 0.5) is 5.69 Å². The van der Waals surface area contributed by atoms with E-state index in [0.29, 0.717) is 6.42 Å². The average Bonchev–Trinajstić information content (AvgIpc) is 2.47. The number of nitrogens with one attached hydrogen (secondary N) is 1. The van der Waals surface area contributed by atoms with Crippen molar-refractivity contribution in [3.05, 3.63) is 29.8 Å². The highest BCUT2D eigenvalue weighted by molar-refractivity contribution is 14.1. The van der Waals surface area contributed by atoms with E-state index in [-0.39, 0.29) is 3.79 Å². The first-order valence-electron chi connectivity index (χ1n) is 7.06. The first-order valence-corrected chi connectivity index (χ1v) is 8.14. The zero-order valence-corrected chi connectivity index (χ0v) is 14.1. The fourth-order valence-electron chi connectivity index (χ4n) is 2.40. The maximum atomic E-state index is 11.0. The van der Waals surface area contributed by atoms with E-state index in [9.17, 15) is 4.79 Å². The summed E-state index contributed by atoms with van der Waals surface area (Å²) in [7, 11) is 2.06. The number of carbonyl (C=O) groups is 1. The van der Waals surface area contributed by atoms with Crippen molar-refractivity contribution in [3.63, 3.8) is 0 Å². The van der Waals surface area contributed by atoms with Gasteiger partial charge in [-0.1, -0.05) is 12.1 Å². The van der Waals surface area contributed by atoms with E-state index in [4.69, 9.17) is 0 Å². The number of benzene rings is 1. The molecular weight excluding hydrogens is 365 g/mol. The van der Waals surface area contributed by atoms with Crippen LogP contribution in [-0.2, 0) is 11.3 Å². The van der Waals surface area contributed by atoms with Crippen LogP contribution in [0, 0.1) is 0 Å². The van der Waals surface area contributed by atoms with Gasteiger partial charge >= 0.3 is 0 Å². The zero-order chi connectivity index (χ0) is 14.4. The van der Waals surface area contributed by atoms with Crippen molar-refractivity contribution in [1.82, 2.24) is 10.2 Å². The van der Waals surface area contributed by atoms with Gasteiger partial charge in [-0.15, -0.1) is 0 Å². The predicted octanol–water partition coefficient (Wildman–Crippen LogP) is 1.88. The van der Waals surface area contributed by atoms with Gasteiger partial charge in [-0.3, -0.25) is 4.79 Å². The second-order valence-electron chi connectivity index (χ2n) is 5.25. The van der Waals surface area contributed by atoms with Gasteiger partial charge < -0.3 is 15.1 Å². The Labute approximate surface area is 134 Å². The molecule has 4 nitrogen and oxygen atoms in total. The summed E-state index contributed by atoms with van der Waals surface area (Å²) in [4.78, 5) is 15.6. The largest absolute Gasteiger partial charge is 0.369 e. The Bertz CT molecular complexity index is 429. The van der Waals surface area contributed by atoms with E-state index < -0.39 is 0 Å². The minimum Gasteiger partial charge on any atom is -0.369 e. The van der Waals surface area contributed by atoms with E-state index in [1.165, 1.54) is 11.3 Å². The van der Waals surface area contributed by atoms with Gasteiger partial charge in [0.15, 0.2) is 3.79 Å². The minimum absolute atomic E-state index is 0.225. The van der Waals surface area contributed by atoms with Gasteiger partial charge in [-0.2, -0.15) is 0 Å². The quantitative estimate of drug-likeness (QED) is 0.598. The summed E-state index contributed by atoms with van der Waals surface area (Å²) in [5.41, 5.74) is 2.60. The smallest absolute Gasteiger partial charge is 0.193 e. The number of halogens is 1. The Morgan fingerprint density at radius 3 is 2.55 bits per heavy atom. The molecule has 1 aromatic carbocycles. The maximum Gasteiger partial charge on any atom is 0.193 e. The molecule has 1 aliphatic rings. The van der Waals surface area contributed by atoms with Crippen LogP contribution in [-0.4, -0.2) is 48.5 Å². The highest BCUT2D eigenvalue weighted by atomic mass is 127. The SMILES string of the molecule is CN(CCC(=O)I)Cc1ccc(N2CCNCC2)cc1. The Kier molecular flexibility index (Phi) is 6.25. The maximum absolute atomic E-state index is 11.0. The van der Waals surface area contributed by atoms with Gasteiger partial charge in [-0.25, -0.2) is 0 Å². The van der Waals surface area contributed by atoms with Crippen LogP contribution in [0.2, 0.25) is 0 Å². The molecule has 1 aliphatic heterocycles. The number of carbonyl (C=O) groups excluding carboxylic acids is 1. The summed E-state index contributed by atoms with van der Waals surface area (Å²) < 4.78 is 0.225. The van der Waals surface area contributed by atoms with Crippen LogP contribution < -0.4 is 10.2 Å². The van der Waals surface area contributed by atoms with Crippen LogP contribution in [0.15, 0.2) is 24.3 Å². The summed E-state index contributed by atoms with van der Waals surface area (Å²) in [6.07, 6.45) is 0.621. The van der Waals surface area contributed by atoms with Gasteiger partial charge in [0.05, 0.1) is 0 Å². The summed E-state index contributed by atoms with van der Waals surface area (Å²) in [5, 5.41) is 3.37. The van der Waals surface area contributed by atoms with Crippen molar-refractivity contribution >= 4 is 32.1 Å². The van der Waals surface area contributed by atoms with Gasteiger partial charge in [0.2, 0.25) is 0 Å². The molecule has 20 heavy (non-hydrogen) atoms. The minimum atomic E-state index is 0.225. The molecule has 2 rings (SSSR count). The topological polar surface area (TPSA) is 35.6 Å². The molecule has 1 fully saturated rings. The van der Waals surface area contributed by atoms with Crippen molar-refractivity contribution in [3.8, 4) is 0 Å². The lowest BCUT2D eigenvalue weighted by atomic mass is 10.1. The second kappa shape index (κ2) is 7.95. The first-order chi connectivity index (χ1) is 9.65. The molecule has 0 saturated carbocycles. The third-order valence-electron chi connectivity index (χ3n) is 3.56. The standard InChI is InChI=1S/C15H22IN3O/c1-18(9-6-15(16)20)12-13-2-4-14(5-3-13)19-10-7-17-8-11-19/h2-5,17H,6-12H2,1H3. The lowest BCUT2D eigenvalue weighted by Gasteiger charge is -2.29. The fourth-order valence-corrected chi connectivity index (χ4v) is 2.65. The van der Waals surface area contributed by atoms with Crippen LogP contribution >= 0.6 is 22.6 Å². The Balaban J connectivity index is 1.85. The number of piperazine rings is 1. The molecule has 0 aliphatic carbocycles. The number of hydrogen-bond donors (Lipinski definition) is 1. The van der Waals surface area contributed by atoms with Gasteiger partial charge in [0.1, 0.15) is 0 Å². The summed E-state index contributed by atoms with van der Waals surface area (Å²) >= 11 is 1.86. The molecule has 0 atom stereocenters. The summed E-state index contributed by atoms with van der Waals surface area (Å²) in [6, 6.07) is 8.80. The third-order valence-corrected chi connectivity index (χ3v) is 4.10. The van der Waals surface area contributed by atoms with Crippen LogP contribution in [0.3, 0.4) is 0 Å². The molecule has 1 aromatic rings. The first kappa shape index (κ1) is 15.7. The monoisotopic (exact) mass is 387 g/mol. The Morgan fingerprint density at radius 1 is 1.30 bits per heavy atom. The molecule has 0 amide bonds. The van der Waals surface area contributed by atoms with Crippen molar-refractivity contribution < 1.29 is 4.79 Å². The molecule has 5 heteroatoms. The summed E-state index contributed by atoms with van der Waals surface area (Å²) in [6.45, 7) is 6.00. The van der Waals surface area contributed by atoms with Gasteiger partial charge in [-0.05, 0) is 47.3 Å². The van der Waals surface area contributed by atoms with E-state index in [1.807, 2.05) is 22.6 Å². The predicted molar refractivity (Wildman–Crippen MR) is 91.5 cm³/mol. The number of rotatable bonds is 6. The Hall–Kier alpha value is -0.660. The molecule has 0 unspecified atom stereocenters. The summed E-state index contributed by atoms with van der Waals surface area (Å²) in [5.74, 6) is 0. The molecule has 110 valence electrons. The van der Waals surface area contributed by atoms with Crippen LogP contribution in [0.25, 0.3) is 0 Å². The van der Waals surface area contributed by atoms with Crippen LogP contribution in [0.1, 0.15) is 12.0 Å². The number of anilines is 1. The van der Waals surface area contributed by atoms with Crippen LogP contribution in [0.5, 0.6) is 0 Å². The van der Waals surface area contributed by atoms with Gasteiger partial charge in [0, 0.05) is 51.4 Å². The zero-order valence-electron chi connectivity index (χ0n) is 11.9. The van der Waals surface area contributed by atoms with E-state index in [0.717, 1.165) is 39.3 Å². The van der Waals surface area contributed by atoms with E-state index in [1.54, 1.807) is 0 Å². The Morgan fingerprint density at radius 2 is 1.95 bits per heavy atom. The van der Waals surface area contributed by atoms with E-state index in [2.05, 4.69) is 46.4 Å². The third kappa shape index (κ3) is 5.03.